The zero-order chi connectivity index (χ0) is 17.4. The highest BCUT2D eigenvalue weighted by molar-refractivity contribution is 7.89. The van der Waals surface area contributed by atoms with Crippen LogP contribution in [0.5, 0.6) is 5.75 Å². The molecule has 24 heavy (non-hydrogen) atoms. The summed E-state index contributed by atoms with van der Waals surface area (Å²) in [6.07, 6.45) is 1.18. The first-order valence-electron chi connectivity index (χ1n) is 8.53. The average Bonchev–Trinajstić information content (AvgIpc) is 2.55. The molecule has 0 bridgehead atoms. The largest absolute Gasteiger partial charge is 0.494 e. The van der Waals surface area contributed by atoms with E-state index in [1.54, 1.807) is 18.2 Å². The van der Waals surface area contributed by atoms with Crippen LogP contribution < -0.4 is 10.1 Å². The van der Waals surface area contributed by atoms with Gasteiger partial charge in [-0.3, -0.25) is 0 Å². The van der Waals surface area contributed by atoms with E-state index in [1.165, 1.54) is 4.31 Å². The Morgan fingerprint density at radius 3 is 2.92 bits per heavy atom. The highest BCUT2D eigenvalue weighted by atomic mass is 32.2. The van der Waals surface area contributed by atoms with Gasteiger partial charge in [0.05, 0.1) is 17.1 Å². The van der Waals surface area contributed by atoms with Crippen LogP contribution in [0.2, 0.25) is 0 Å². The predicted molar refractivity (Wildman–Crippen MR) is 91.7 cm³/mol. The van der Waals surface area contributed by atoms with E-state index in [1.807, 2.05) is 13.8 Å². The lowest BCUT2D eigenvalue weighted by Gasteiger charge is -2.46. The number of benzene rings is 1. The van der Waals surface area contributed by atoms with Gasteiger partial charge in [0, 0.05) is 25.6 Å². The molecule has 1 aromatic carbocycles. The summed E-state index contributed by atoms with van der Waals surface area (Å²) in [7, 11) is -3.55. The van der Waals surface area contributed by atoms with E-state index in [0.717, 1.165) is 12.1 Å². The van der Waals surface area contributed by atoms with Crippen LogP contribution in [0.25, 0.3) is 0 Å². The SMILES string of the molecule is CCOc1ccc(S(=O)(=O)N2CC[C@@]3(O)CCNC[C@H]3C2)cc1C. The second-order valence-corrected chi connectivity index (χ2v) is 8.67. The normalized spacial score (nSPS) is 28.4. The molecule has 2 saturated heterocycles. The van der Waals surface area contributed by atoms with E-state index >= 15 is 0 Å². The average molecular weight is 354 g/mol. The number of hydrogen-bond donors (Lipinski definition) is 2. The lowest BCUT2D eigenvalue weighted by Crippen LogP contribution is -2.59. The molecule has 2 fully saturated rings. The molecule has 1 aromatic rings. The fourth-order valence-corrected chi connectivity index (χ4v) is 5.23. The van der Waals surface area contributed by atoms with E-state index < -0.39 is 15.6 Å². The quantitative estimate of drug-likeness (QED) is 0.847. The van der Waals surface area contributed by atoms with Crippen molar-refractivity contribution >= 4 is 10.0 Å². The third-order valence-electron chi connectivity index (χ3n) is 5.19. The fraction of sp³-hybridized carbons (Fsp3) is 0.647. The molecule has 2 N–H and O–H groups in total. The number of nitrogens with zero attached hydrogens (tertiary/aromatic N) is 1. The molecule has 0 unspecified atom stereocenters. The zero-order valence-electron chi connectivity index (χ0n) is 14.3. The minimum atomic E-state index is -3.55. The molecule has 134 valence electrons. The summed E-state index contributed by atoms with van der Waals surface area (Å²) in [4.78, 5) is 0.290. The smallest absolute Gasteiger partial charge is 0.243 e. The second kappa shape index (κ2) is 6.63. The van der Waals surface area contributed by atoms with Gasteiger partial charge in [0.1, 0.15) is 5.75 Å². The Morgan fingerprint density at radius 1 is 1.42 bits per heavy atom. The topological polar surface area (TPSA) is 78.9 Å². The molecule has 2 atom stereocenters. The molecule has 0 spiro atoms. The summed E-state index contributed by atoms with van der Waals surface area (Å²) in [6, 6.07) is 4.99. The summed E-state index contributed by atoms with van der Waals surface area (Å²) < 4.78 is 32.9. The molecule has 2 aliphatic heterocycles. The van der Waals surface area contributed by atoms with Gasteiger partial charge in [-0.15, -0.1) is 0 Å². The first-order valence-corrected chi connectivity index (χ1v) is 9.97. The van der Waals surface area contributed by atoms with Crippen molar-refractivity contribution in [1.82, 2.24) is 9.62 Å². The van der Waals surface area contributed by atoms with Crippen molar-refractivity contribution in [2.24, 2.45) is 5.92 Å². The Hall–Kier alpha value is -1.15. The Bertz CT molecular complexity index is 707. The van der Waals surface area contributed by atoms with E-state index in [4.69, 9.17) is 4.74 Å². The molecule has 0 radical (unpaired) electrons. The maximum atomic E-state index is 13.0. The molecular weight excluding hydrogens is 328 g/mol. The molecule has 0 amide bonds. The number of nitrogens with one attached hydrogen (secondary N) is 1. The van der Waals surface area contributed by atoms with Crippen LogP contribution in [0.3, 0.4) is 0 Å². The highest BCUT2D eigenvalue weighted by Gasteiger charge is 2.45. The van der Waals surface area contributed by atoms with E-state index in [9.17, 15) is 13.5 Å². The summed E-state index contributed by atoms with van der Waals surface area (Å²) in [5.74, 6) is 0.652. The van der Waals surface area contributed by atoms with Crippen LogP contribution >= 0.6 is 0 Å². The van der Waals surface area contributed by atoms with Crippen LogP contribution in [0.15, 0.2) is 23.1 Å². The number of rotatable bonds is 4. The molecule has 0 saturated carbocycles. The first kappa shape index (κ1) is 17.7. The Morgan fingerprint density at radius 2 is 2.21 bits per heavy atom. The summed E-state index contributed by atoms with van der Waals surface area (Å²) in [6.45, 7) is 6.47. The van der Waals surface area contributed by atoms with E-state index in [0.29, 0.717) is 44.8 Å². The van der Waals surface area contributed by atoms with Crippen molar-refractivity contribution in [2.75, 3.05) is 32.8 Å². The monoisotopic (exact) mass is 354 g/mol. The number of sulfonamides is 1. The van der Waals surface area contributed by atoms with Crippen LogP contribution in [0, 0.1) is 12.8 Å². The van der Waals surface area contributed by atoms with Crippen LogP contribution in [0.4, 0.5) is 0 Å². The second-order valence-electron chi connectivity index (χ2n) is 6.73. The van der Waals surface area contributed by atoms with Gasteiger partial charge in [-0.25, -0.2) is 8.42 Å². The zero-order valence-corrected chi connectivity index (χ0v) is 15.1. The van der Waals surface area contributed by atoms with Gasteiger partial charge in [-0.1, -0.05) is 0 Å². The molecule has 0 aromatic heterocycles. The van der Waals surface area contributed by atoms with Gasteiger partial charge < -0.3 is 15.2 Å². The summed E-state index contributed by atoms with van der Waals surface area (Å²) in [5.41, 5.74) is 0.0808. The summed E-state index contributed by atoms with van der Waals surface area (Å²) in [5, 5.41) is 14.0. The Kier molecular flexibility index (Phi) is 4.88. The maximum absolute atomic E-state index is 13.0. The van der Waals surface area contributed by atoms with Crippen molar-refractivity contribution < 1.29 is 18.3 Å². The van der Waals surface area contributed by atoms with Crippen molar-refractivity contribution in [1.29, 1.82) is 0 Å². The lowest BCUT2D eigenvalue weighted by atomic mass is 9.77. The summed E-state index contributed by atoms with van der Waals surface area (Å²) >= 11 is 0. The van der Waals surface area contributed by atoms with Crippen LogP contribution in [-0.4, -0.2) is 56.2 Å². The van der Waals surface area contributed by atoms with Gasteiger partial charge in [-0.2, -0.15) is 4.31 Å². The predicted octanol–water partition coefficient (Wildman–Crippen LogP) is 1.13. The third kappa shape index (κ3) is 3.18. The molecule has 7 heteroatoms. The minimum absolute atomic E-state index is 0.0569. The number of aliphatic hydroxyl groups is 1. The molecular formula is C17H26N2O4S. The van der Waals surface area contributed by atoms with E-state index in [-0.39, 0.29) is 10.8 Å². The van der Waals surface area contributed by atoms with Gasteiger partial charge in [-0.05, 0) is 57.0 Å². The number of fused-ring (bicyclic) bond motifs is 1. The van der Waals surface area contributed by atoms with Gasteiger partial charge in [0.25, 0.3) is 0 Å². The third-order valence-corrected chi connectivity index (χ3v) is 7.05. The number of aryl methyl sites for hydroxylation is 1. The highest BCUT2D eigenvalue weighted by Crippen LogP contribution is 2.35. The minimum Gasteiger partial charge on any atom is -0.494 e. The van der Waals surface area contributed by atoms with Gasteiger partial charge in [0.15, 0.2) is 0 Å². The van der Waals surface area contributed by atoms with Crippen molar-refractivity contribution in [3.05, 3.63) is 23.8 Å². The maximum Gasteiger partial charge on any atom is 0.243 e. The first-order chi connectivity index (χ1) is 11.4. The van der Waals surface area contributed by atoms with Crippen LogP contribution in [0.1, 0.15) is 25.3 Å². The van der Waals surface area contributed by atoms with Crippen molar-refractivity contribution in [3.8, 4) is 5.75 Å². The molecule has 2 aliphatic rings. The number of ether oxygens (including phenoxy) is 1. The molecule has 2 heterocycles. The van der Waals surface area contributed by atoms with Gasteiger partial charge in [0.2, 0.25) is 10.0 Å². The van der Waals surface area contributed by atoms with Gasteiger partial charge >= 0.3 is 0 Å². The fourth-order valence-electron chi connectivity index (χ4n) is 3.66. The standard InChI is InChI=1S/C17H26N2O4S/c1-3-23-16-5-4-15(10-13(16)2)24(21,22)19-9-7-17(20)6-8-18-11-14(17)12-19/h4-5,10,14,18,20H,3,6-9,11-12H2,1-2H3/t14-,17-/m0/s1. The van der Waals surface area contributed by atoms with Crippen molar-refractivity contribution in [2.45, 2.75) is 37.2 Å². The van der Waals surface area contributed by atoms with E-state index in [2.05, 4.69) is 5.32 Å². The Balaban J connectivity index is 1.82. The molecule has 3 rings (SSSR count). The number of piperidine rings is 2. The van der Waals surface area contributed by atoms with Crippen molar-refractivity contribution in [3.63, 3.8) is 0 Å². The van der Waals surface area contributed by atoms with Crippen LogP contribution in [-0.2, 0) is 10.0 Å². The number of hydrogen-bond acceptors (Lipinski definition) is 5. The lowest BCUT2D eigenvalue weighted by molar-refractivity contribution is -0.0744. The molecule has 6 nitrogen and oxygen atoms in total. The Labute approximate surface area is 143 Å². The molecule has 0 aliphatic carbocycles.